The molecule has 2 aromatic rings. The van der Waals surface area contributed by atoms with Crippen molar-refractivity contribution in [1.82, 2.24) is 10.0 Å². The van der Waals surface area contributed by atoms with Gasteiger partial charge >= 0.3 is 5.97 Å². The van der Waals surface area contributed by atoms with E-state index < -0.39 is 22.0 Å². The Balaban J connectivity index is 1.85. The number of sulfonamides is 1. The SMILES string of the molecule is CC(=O)NCCCC[C@@H](NS(=O)(=O)CCc1ccc(-c2ccccc2)cc1)C(=O)O. The Morgan fingerprint density at radius 1 is 0.967 bits per heavy atom. The summed E-state index contributed by atoms with van der Waals surface area (Å²) in [5.74, 6) is -1.54. The summed E-state index contributed by atoms with van der Waals surface area (Å²) >= 11 is 0. The Hall–Kier alpha value is -2.71. The molecule has 8 heteroatoms. The average Bonchev–Trinajstić information content (AvgIpc) is 2.72. The van der Waals surface area contributed by atoms with Crippen molar-refractivity contribution in [2.24, 2.45) is 0 Å². The van der Waals surface area contributed by atoms with Crippen LogP contribution in [0.5, 0.6) is 0 Å². The predicted molar refractivity (Wildman–Crippen MR) is 116 cm³/mol. The number of carboxylic acids is 1. The molecule has 2 aromatic carbocycles. The lowest BCUT2D eigenvalue weighted by molar-refractivity contribution is -0.139. The van der Waals surface area contributed by atoms with Crippen molar-refractivity contribution in [2.75, 3.05) is 12.3 Å². The number of carbonyl (C=O) groups is 2. The molecule has 1 atom stereocenters. The number of amides is 1. The molecular formula is C22H28N2O5S. The van der Waals surface area contributed by atoms with E-state index >= 15 is 0 Å². The van der Waals surface area contributed by atoms with E-state index in [2.05, 4.69) is 10.0 Å². The van der Waals surface area contributed by atoms with Crippen LogP contribution in [0.3, 0.4) is 0 Å². The third-order valence-corrected chi connectivity index (χ3v) is 6.02. The zero-order valence-electron chi connectivity index (χ0n) is 17.0. The fraction of sp³-hybridized carbons (Fsp3) is 0.364. The molecule has 0 spiro atoms. The van der Waals surface area contributed by atoms with Gasteiger partial charge in [0.15, 0.2) is 0 Å². The Kier molecular flexibility index (Phi) is 9.01. The van der Waals surface area contributed by atoms with Crippen LogP contribution in [0.2, 0.25) is 0 Å². The van der Waals surface area contributed by atoms with Crippen LogP contribution >= 0.6 is 0 Å². The van der Waals surface area contributed by atoms with E-state index in [1.807, 2.05) is 54.6 Å². The van der Waals surface area contributed by atoms with Crippen molar-refractivity contribution in [3.63, 3.8) is 0 Å². The molecular weight excluding hydrogens is 404 g/mol. The van der Waals surface area contributed by atoms with Crippen LogP contribution in [0.4, 0.5) is 0 Å². The number of carbonyl (C=O) groups excluding carboxylic acids is 1. The first-order valence-corrected chi connectivity index (χ1v) is 11.5. The molecule has 0 aliphatic rings. The summed E-state index contributed by atoms with van der Waals surface area (Å²) in [4.78, 5) is 22.2. The van der Waals surface area contributed by atoms with Gasteiger partial charge in [-0.3, -0.25) is 9.59 Å². The third kappa shape index (κ3) is 8.34. The highest BCUT2D eigenvalue weighted by molar-refractivity contribution is 7.89. The first-order valence-electron chi connectivity index (χ1n) is 9.88. The molecule has 0 saturated carbocycles. The zero-order chi connectivity index (χ0) is 22.0. The van der Waals surface area contributed by atoms with Crippen LogP contribution in [0.15, 0.2) is 54.6 Å². The molecule has 0 aliphatic heterocycles. The van der Waals surface area contributed by atoms with E-state index in [4.69, 9.17) is 0 Å². The first-order chi connectivity index (χ1) is 14.3. The molecule has 0 radical (unpaired) electrons. The lowest BCUT2D eigenvalue weighted by Crippen LogP contribution is -2.42. The number of aryl methyl sites for hydroxylation is 1. The average molecular weight is 433 g/mol. The van der Waals surface area contributed by atoms with E-state index in [1.165, 1.54) is 6.92 Å². The molecule has 0 unspecified atom stereocenters. The van der Waals surface area contributed by atoms with E-state index in [0.717, 1.165) is 16.7 Å². The Labute approximate surface area is 177 Å². The monoisotopic (exact) mass is 432 g/mol. The molecule has 3 N–H and O–H groups in total. The molecule has 0 fully saturated rings. The number of hydrogen-bond acceptors (Lipinski definition) is 4. The molecule has 2 rings (SSSR count). The highest BCUT2D eigenvalue weighted by Gasteiger charge is 2.23. The highest BCUT2D eigenvalue weighted by atomic mass is 32.2. The normalized spacial score (nSPS) is 12.3. The van der Waals surface area contributed by atoms with E-state index in [1.54, 1.807) is 0 Å². The van der Waals surface area contributed by atoms with Gasteiger partial charge in [0.1, 0.15) is 6.04 Å². The van der Waals surface area contributed by atoms with Crippen LogP contribution in [0.1, 0.15) is 31.7 Å². The van der Waals surface area contributed by atoms with Crippen molar-refractivity contribution in [1.29, 1.82) is 0 Å². The summed E-state index contributed by atoms with van der Waals surface area (Å²) in [6, 6.07) is 16.4. The number of nitrogens with one attached hydrogen (secondary N) is 2. The summed E-state index contributed by atoms with van der Waals surface area (Å²) in [6.07, 6.45) is 1.53. The third-order valence-electron chi connectivity index (χ3n) is 4.63. The van der Waals surface area contributed by atoms with E-state index in [-0.39, 0.29) is 18.1 Å². The summed E-state index contributed by atoms with van der Waals surface area (Å²) in [7, 11) is -3.74. The summed E-state index contributed by atoms with van der Waals surface area (Å²) in [5.41, 5.74) is 2.99. The molecule has 0 bridgehead atoms. The van der Waals surface area contributed by atoms with Crippen LogP contribution in [0.25, 0.3) is 11.1 Å². The second-order valence-corrected chi connectivity index (χ2v) is 8.99. The lowest BCUT2D eigenvalue weighted by Gasteiger charge is -2.15. The van der Waals surface area contributed by atoms with Gasteiger partial charge < -0.3 is 10.4 Å². The number of rotatable bonds is 12. The molecule has 7 nitrogen and oxygen atoms in total. The standard InChI is InChI=1S/C22H28N2O5S/c1-17(25)23-15-6-5-9-21(22(26)27)24-30(28,29)16-14-18-10-12-20(13-11-18)19-7-3-2-4-8-19/h2-4,7-8,10-13,21,24H,5-6,9,14-16H2,1H3,(H,23,25)(H,26,27)/t21-/m1/s1. The second kappa shape index (κ2) is 11.5. The van der Waals surface area contributed by atoms with Gasteiger partial charge in [0, 0.05) is 13.5 Å². The van der Waals surface area contributed by atoms with Crippen LogP contribution in [0, 0.1) is 0 Å². The largest absolute Gasteiger partial charge is 0.480 e. The zero-order valence-corrected chi connectivity index (χ0v) is 17.8. The molecule has 0 heterocycles. The van der Waals surface area contributed by atoms with Gasteiger partial charge in [0.2, 0.25) is 15.9 Å². The van der Waals surface area contributed by atoms with Gasteiger partial charge in [0.25, 0.3) is 0 Å². The Morgan fingerprint density at radius 2 is 1.60 bits per heavy atom. The maximum absolute atomic E-state index is 12.4. The van der Waals surface area contributed by atoms with Crippen LogP contribution < -0.4 is 10.0 Å². The van der Waals surface area contributed by atoms with Crippen molar-refractivity contribution in [3.8, 4) is 11.1 Å². The first kappa shape index (κ1) is 23.6. The number of hydrogen-bond donors (Lipinski definition) is 3. The van der Waals surface area contributed by atoms with Crippen molar-refractivity contribution in [2.45, 2.75) is 38.6 Å². The van der Waals surface area contributed by atoms with Crippen molar-refractivity contribution < 1.29 is 23.1 Å². The van der Waals surface area contributed by atoms with E-state index in [0.29, 0.717) is 25.8 Å². The molecule has 30 heavy (non-hydrogen) atoms. The minimum absolute atomic E-state index is 0.151. The molecule has 0 saturated heterocycles. The highest BCUT2D eigenvalue weighted by Crippen LogP contribution is 2.19. The number of unbranched alkanes of at least 4 members (excludes halogenated alkanes) is 1. The molecule has 162 valence electrons. The molecule has 0 aliphatic carbocycles. The fourth-order valence-electron chi connectivity index (χ4n) is 2.99. The van der Waals surface area contributed by atoms with Gasteiger partial charge in [-0.2, -0.15) is 0 Å². The molecule has 0 aromatic heterocycles. The van der Waals surface area contributed by atoms with Gasteiger partial charge in [-0.1, -0.05) is 54.6 Å². The summed E-state index contributed by atoms with van der Waals surface area (Å²) < 4.78 is 27.0. The minimum atomic E-state index is -3.74. The van der Waals surface area contributed by atoms with Gasteiger partial charge in [-0.15, -0.1) is 0 Å². The van der Waals surface area contributed by atoms with Crippen molar-refractivity contribution in [3.05, 3.63) is 60.2 Å². The fourth-order valence-corrected chi connectivity index (χ4v) is 4.27. The maximum Gasteiger partial charge on any atom is 0.321 e. The smallest absolute Gasteiger partial charge is 0.321 e. The Bertz CT molecular complexity index is 928. The van der Waals surface area contributed by atoms with Gasteiger partial charge in [-0.05, 0) is 42.4 Å². The second-order valence-electron chi connectivity index (χ2n) is 7.12. The topological polar surface area (TPSA) is 113 Å². The lowest BCUT2D eigenvalue weighted by atomic mass is 10.0. The number of aliphatic carboxylic acids is 1. The quantitative estimate of drug-likeness (QED) is 0.446. The maximum atomic E-state index is 12.4. The van der Waals surface area contributed by atoms with Crippen molar-refractivity contribution >= 4 is 21.9 Å². The van der Waals surface area contributed by atoms with Gasteiger partial charge in [0.05, 0.1) is 5.75 Å². The summed E-state index contributed by atoms with van der Waals surface area (Å²) in [5, 5.41) is 11.9. The molecule has 1 amide bonds. The Morgan fingerprint density at radius 3 is 2.20 bits per heavy atom. The van der Waals surface area contributed by atoms with Crippen LogP contribution in [-0.2, 0) is 26.0 Å². The van der Waals surface area contributed by atoms with Crippen LogP contribution in [-0.4, -0.2) is 43.7 Å². The van der Waals surface area contributed by atoms with Gasteiger partial charge in [-0.25, -0.2) is 13.1 Å². The predicted octanol–water partition coefficient (Wildman–Crippen LogP) is 2.58. The van der Waals surface area contributed by atoms with E-state index in [9.17, 15) is 23.1 Å². The summed E-state index contributed by atoms with van der Waals surface area (Å²) in [6.45, 7) is 1.84. The minimum Gasteiger partial charge on any atom is -0.480 e. The number of benzene rings is 2. The number of carboxylic acid groups (broad SMARTS) is 1.